The van der Waals surface area contributed by atoms with E-state index in [0.29, 0.717) is 50.8 Å². The second kappa shape index (κ2) is 13.1. The standard InChI is InChI=1S/C38H57FN6O3/c1-8-43(9-2)33-23-34(41-35(40-33)44(10-3)11-4)45-18-16-42(17-19-45)24-32(47)38(48)25(5)20-29-27-22-31(39)30-21-26(46)12-14-36(30,6)28(27)13-15-37(29,38)7/h13,21,23,25,27,29,31,48H,8-12,14-20,22,24H2,1-7H3/t25?,27-,29+,31?,36-,37+,38+/m1/s1. The molecule has 2 heterocycles. The number of carbonyl (C=O) groups excluding carboxylic acids is 2. The van der Waals surface area contributed by atoms with Crippen molar-refractivity contribution in [2.45, 2.75) is 92.3 Å². The summed E-state index contributed by atoms with van der Waals surface area (Å²) in [7, 11) is 0. The molecule has 0 radical (unpaired) electrons. The molecule has 6 rings (SSSR count). The molecule has 0 amide bonds. The zero-order chi connectivity index (χ0) is 34.6. The molecule has 48 heavy (non-hydrogen) atoms. The Hall–Kier alpha value is -2.85. The van der Waals surface area contributed by atoms with Gasteiger partial charge in [-0.1, -0.05) is 32.4 Å². The van der Waals surface area contributed by atoms with E-state index >= 15 is 4.39 Å². The average Bonchev–Trinajstić information content (AvgIpc) is 3.29. The number of alkyl halides is 1. The number of carbonyl (C=O) groups is 2. The van der Waals surface area contributed by atoms with Gasteiger partial charge in [-0.2, -0.15) is 9.97 Å². The zero-order valence-corrected chi connectivity index (χ0v) is 30.3. The maximum atomic E-state index is 15.8. The monoisotopic (exact) mass is 664 g/mol. The first kappa shape index (κ1) is 35.0. The average molecular weight is 665 g/mol. The lowest BCUT2D eigenvalue weighted by Gasteiger charge is -2.55. The van der Waals surface area contributed by atoms with Crippen LogP contribution >= 0.6 is 0 Å². The molecule has 1 aromatic heterocycles. The van der Waals surface area contributed by atoms with E-state index in [1.54, 1.807) is 6.08 Å². The van der Waals surface area contributed by atoms with Gasteiger partial charge in [0, 0.05) is 75.7 Å². The number of rotatable bonds is 10. The number of anilines is 3. The maximum absolute atomic E-state index is 15.8. The summed E-state index contributed by atoms with van der Waals surface area (Å²) >= 11 is 0. The highest BCUT2D eigenvalue weighted by Gasteiger charge is 2.68. The van der Waals surface area contributed by atoms with Gasteiger partial charge in [0.05, 0.1) is 6.54 Å². The van der Waals surface area contributed by atoms with Crippen LogP contribution in [0.4, 0.5) is 22.0 Å². The molecule has 0 spiro atoms. The lowest BCUT2D eigenvalue weighted by Crippen LogP contribution is -2.60. The van der Waals surface area contributed by atoms with Gasteiger partial charge in [-0.05, 0) is 82.8 Å². The molecule has 1 aromatic rings. The van der Waals surface area contributed by atoms with Crippen molar-refractivity contribution in [3.63, 3.8) is 0 Å². The molecule has 4 aliphatic carbocycles. The molecule has 1 N–H and O–H groups in total. The number of halogens is 1. The van der Waals surface area contributed by atoms with E-state index in [0.717, 1.165) is 56.9 Å². The second-order valence-electron chi connectivity index (χ2n) is 15.4. The highest BCUT2D eigenvalue weighted by molar-refractivity contribution is 5.92. The maximum Gasteiger partial charge on any atom is 0.229 e. The largest absolute Gasteiger partial charge is 0.381 e. The van der Waals surface area contributed by atoms with Crippen LogP contribution in [0.25, 0.3) is 0 Å². The molecule has 5 aliphatic rings. The Bertz CT molecular complexity index is 1440. The topological polar surface area (TPSA) is 93.1 Å². The van der Waals surface area contributed by atoms with Crippen molar-refractivity contribution in [1.82, 2.24) is 14.9 Å². The van der Waals surface area contributed by atoms with E-state index in [2.05, 4.69) is 73.3 Å². The van der Waals surface area contributed by atoms with Crippen LogP contribution < -0.4 is 14.7 Å². The molecule has 0 aromatic carbocycles. The van der Waals surface area contributed by atoms with E-state index in [9.17, 15) is 14.7 Å². The van der Waals surface area contributed by atoms with Gasteiger partial charge in [-0.15, -0.1) is 0 Å². The highest BCUT2D eigenvalue weighted by Crippen LogP contribution is 2.67. The Balaban J connectivity index is 1.18. The molecule has 1 saturated heterocycles. The van der Waals surface area contributed by atoms with Crippen LogP contribution in [-0.4, -0.2) is 102 Å². The summed E-state index contributed by atoms with van der Waals surface area (Å²) in [5.41, 5.74) is -0.726. The molecule has 3 fully saturated rings. The van der Waals surface area contributed by atoms with Crippen LogP contribution in [0, 0.1) is 28.6 Å². The van der Waals surface area contributed by atoms with Crippen LogP contribution in [0.2, 0.25) is 0 Å². The lowest BCUT2D eigenvalue weighted by atomic mass is 9.50. The Kier molecular flexibility index (Phi) is 9.57. The Morgan fingerprint density at radius 1 is 1.00 bits per heavy atom. The summed E-state index contributed by atoms with van der Waals surface area (Å²) in [6, 6.07) is 2.09. The quantitative estimate of drug-likeness (QED) is 0.338. The highest BCUT2D eigenvalue weighted by atomic mass is 19.1. The number of fused-ring (bicyclic) bond motifs is 5. The van der Waals surface area contributed by atoms with Crippen molar-refractivity contribution >= 4 is 29.2 Å². The fraction of sp³-hybridized carbons (Fsp3) is 0.737. The van der Waals surface area contributed by atoms with Crippen molar-refractivity contribution < 1.29 is 19.1 Å². The number of ketones is 2. The minimum absolute atomic E-state index is 0.0188. The summed E-state index contributed by atoms with van der Waals surface area (Å²) in [5.74, 6) is 2.27. The van der Waals surface area contributed by atoms with Gasteiger partial charge in [-0.25, -0.2) is 4.39 Å². The first-order valence-electron chi connectivity index (χ1n) is 18.6. The fourth-order valence-corrected chi connectivity index (χ4v) is 10.2. The van der Waals surface area contributed by atoms with Crippen LogP contribution in [0.15, 0.2) is 29.4 Å². The summed E-state index contributed by atoms with van der Waals surface area (Å²) < 4.78 is 15.8. The van der Waals surface area contributed by atoms with Crippen LogP contribution in [0.5, 0.6) is 0 Å². The van der Waals surface area contributed by atoms with Crippen molar-refractivity contribution in [3.8, 4) is 0 Å². The number of aromatic nitrogens is 2. The Morgan fingerprint density at radius 3 is 2.31 bits per heavy atom. The Labute approximate surface area is 286 Å². The number of piperazine rings is 1. The number of allylic oxidation sites excluding steroid dienone is 4. The molecular formula is C38H57FN6O3. The Morgan fingerprint density at radius 2 is 1.67 bits per heavy atom. The van der Waals surface area contributed by atoms with Crippen LogP contribution in [-0.2, 0) is 9.59 Å². The van der Waals surface area contributed by atoms with Crippen LogP contribution in [0.3, 0.4) is 0 Å². The van der Waals surface area contributed by atoms with E-state index in [-0.39, 0.29) is 35.9 Å². The van der Waals surface area contributed by atoms with Gasteiger partial charge in [0.25, 0.3) is 0 Å². The van der Waals surface area contributed by atoms with Gasteiger partial charge in [-0.3, -0.25) is 14.5 Å². The molecule has 9 nitrogen and oxygen atoms in total. The molecular weight excluding hydrogens is 607 g/mol. The molecule has 2 saturated carbocycles. The smallest absolute Gasteiger partial charge is 0.229 e. The van der Waals surface area contributed by atoms with Gasteiger partial charge in [0.15, 0.2) is 11.6 Å². The third kappa shape index (κ3) is 5.49. The summed E-state index contributed by atoms with van der Waals surface area (Å²) in [4.78, 5) is 45.3. The molecule has 2 unspecified atom stereocenters. The van der Waals surface area contributed by atoms with Crippen LogP contribution in [0.1, 0.15) is 80.6 Å². The molecule has 7 atom stereocenters. The van der Waals surface area contributed by atoms with Gasteiger partial charge in [0.1, 0.15) is 23.4 Å². The van der Waals surface area contributed by atoms with Crippen molar-refractivity contribution in [3.05, 3.63) is 29.4 Å². The predicted octanol–water partition coefficient (Wildman–Crippen LogP) is 5.24. The van der Waals surface area contributed by atoms with Gasteiger partial charge < -0.3 is 19.8 Å². The van der Waals surface area contributed by atoms with Crippen molar-refractivity contribution in [1.29, 1.82) is 0 Å². The van der Waals surface area contributed by atoms with Gasteiger partial charge >= 0.3 is 0 Å². The lowest BCUT2D eigenvalue weighted by molar-refractivity contribution is -0.160. The number of nitrogens with zero attached hydrogens (tertiary/aromatic N) is 6. The number of hydrogen-bond acceptors (Lipinski definition) is 9. The first-order chi connectivity index (χ1) is 22.8. The minimum Gasteiger partial charge on any atom is -0.381 e. The number of Topliss-reactive ketones (excluding diaryl/α,β-unsaturated/α-hetero) is 1. The minimum atomic E-state index is -1.48. The first-order valence-corrected chi connectivity index (χ1v) is 18.6. The van der Waals surface area contributed by atoms with Crippen molar-refractivity contribution in [2.75, 3.05) is 73.6 Å². The normalized spacial score (nSPS) is 34.9. The number of hydrogen-bond donors (Lipinski definition) is 1. The summed E-state index contributed by atoms with van der Waals surface area (Å²) in [6.45, 7) is 21.2. The molecule has 264 valence electrons. The fourth-order valence-electron chi connectivity index (χ4n) is 10.2. The van der Waals surface area contributed by atoms with E-state index in [1.807, 2.05) is 6.92 Å². The zero-order valence-electron chi connectivity index (χ0n) is 30.3. The van der Waals surface area contributed by atoms with E-state index < -0.39 is 22.6 Å². The van der Waals surface area contributed by atoms with E-state index in [1.165, 1.54) is 5.57 Å². The van der Waals surface area contributed by atoms with Crippen molar-refractivity contribution in [2.24, 2.45) is 28.6 Å². The molecule has 1 aliphatic heterocycles. The van der Waals surface area contributed by atoms with E-state index in [4.69, 9.17) is 9.97 Å². The number of aliphatic hydroxyl groups is 1. The van der Waals surface area contributed by atoms with Gasteiger partial charge in [0.2, 0.25) is 5.95 Å². The second-order valence-corrected chi connectivity index (χ2v) is 15.4. The molecule has 0 bridgehead atoms. The summed E-state index contributed by atoms with van der Waals surface area (Å²) in [5, 5.41) is 12.5. The SMILES string of the molecule is CCN(CC)c1cc(N2CCN(CC(=O)[C@@]3(O)C(C)C[C@H]4[C@@H]5CC(F)C6=CC(=O)CC[C@]6(C)C5=CC[C@@]43C)CC2)nc(N(CC)CC)n1. The third-order valence-corrected chi connectivity index (χ3v) is 13.2. The third-order valence-electron chi connectivity index (χ3n) is 13.2. The predicted molar refractivity (Wildman–Crippen MR) is 189 cm³/mol. The summed E-state index contributed by atoms with van der Waals surface area (Å²) in [6.07, 6.45) is 5.31. The molecule has 10 heteroatoms.